The Bertz CT molecular complexity index is 480. The van der Waals surface area contributed by atoms with Crippen LogP contribution in [0.5, 0.6) is 0 Å². The first-order valence-electron chi connectivity index (χ1n) is 4.66. The molecule has 74 valence electrons. The summed E-state index contributed by atoms with van der Waals surface area (Å²) >= 11 is 0. The Labute approximate surface area is 87.8 Å². The van der Waals surface area contributed by atoms with Crippen LogP contribution in [0, 0.1) is 11.8 Å². The van der Waals surface area contributed by atoms with Gasteiger partial charge in [-0.25, -0.2) is 0 Å². The summed E-state index contributed by atoms with van der Waals surface area (Å²) in [6.07, 6.45) is 1.73. The highest BCUT2D eigenvalue weighted by atomic mass is 16.3. The van der Waals surface area contributed by atoms with Crippen molar-refractivity contribution < 1.29 is 0 Å². The highest BCUT2D eigenvalue weighted by molar-refractivity contribution is 5.65. The molecule has 0 N–H and O–H groups in total. The van der Waals surface area contributed by atoms with Crippen molar-refractivity contribution >= 4 is 5.69 Å². The van der Waals surface area contributed by atoms with Crippen LogP contribution in [0.25, 0.3) is 11.3 Å². The van der Waals surface area contributed by atoms with Crippen LogP contribution in [-0.4, -0.2) is 4.98 Å². The van der Waals surface area contributed by atoms with Crippen molar-refractivity contribution in [3.05, 3.63) is 53.1 Å². The normalized spacial score (nSPS) is 9.93. The summed E-state index contributed by atoms with van der Waals surface area (Å²) in [6, 6.07) is 11.2. The quantitative estimate of drug-likeness (QED) is 0.693. The minimum Gasteiger partial charge on any atom is -0.256 e. The number of hydrogen-bond donors (Lipinski definition) is 0. The predicted octanol–water partition coefficient (Wildman–Crippen LogP) is 3.45. The zero-order chi connectivity index (χ0) is 10.7. The fourth-order valence-corrected chi connectivity index (χ4v) is 1.40. The van der Waals surface area contributed by atoms with Gasteiger partial charge in [-0.15, -0.1) is 4.91 Å². The third-order valence-corrected chi connectivity index (χ3v) is 2.27. The zero-order valence-corrected chi connectivity index (χ0v) is 8.34. The van der Waals surface area contributed by atoms with E-state index in [1.54, 1.807) is 12.3 Å². The Balaban J connectivity index is 2.51. The number of nitrogens with zero attached hydrogens (tertiary/aromatic N) is 2. The fourth-order valence-electron chi connectivity index (χ4n) is 1.40. The van der Waals surface area contributed by atoms with Crippen molar-refractivity contribution in [2.24, 2.45) is 5.18 Å². The lowest BCUT2D eigenvalue weighted by molar-refractivity contribution is 1.31. The molecule has 0 aliphatic carbocycles. The molecule has 0 spiro atoms. The summed E-state index contributed by atoms with van der Waals surface area (Å²) in [7, 11) is 0. The molecule has 0 aliphatic rings. The van der Waals surface area contributed by atoms with E-state index >= 15 is 0 Å². The van der Waals surface area contributed by atoms with Crippen LogP contribution in [0.1, 0.15) is 5.56 Å². The summed E-state index contributed by atoms with van der Waals surface area (Å²) in [6.45, 7) is 1.86. The summed E-state index contributed by atoms with van der Waals surface area (Å²) in [5, 5.41) is 2.98. The third-order valence-electron chi connectivity index (χ3n) is 2.27. The lowest BCUT2D eigenvalue weighted by atomic mass is 10.1. The molecule has 0 aliphatic heterocycles. The molecule has 0 saturated heterocycles. The van der Waals surface area contributed by atoms with Crippen molar-refractivity contribution in [1.82, 2.24) is 4.98 Å². The van der Waals surface area contributed by atoms with Crippen LogP contribution < -0.4 is 0 Å². The molecule has 0 saturated carbocycles. The molecule has 0 bridgehead atoms. The fraction of sp³-hybridized carbons (Fsp3) is 0.0833. The van der Waals surface area contributed by atoms with Crippen LogP contribution in [-0.2, 0) is 0 Å². The second kappa shape index (κ2) is 4.00. The first kappa shape index (κ1) is 9.52. The maximum atomic E-state index is 10.5. The van der Waals surface area contributed by atoms with Gasteiger partial charge in [0.2, 0.25) is 0 Å². The topological polar surface area (TPSA) is 42.3 Å². The van der Waals surface area contributed by atoms with Gasteiger partial charge < -0.3 is 0 Å². The van der Waals surface area contributed by atoms with Gasteiger partial charge in [0, 0.05) is 11.8 Å². The molecule has 2 rings (SSSR count). The Morgan fingerprint density at radius 3 is 2.73 bits per heavy atom. The van der Waals surface area contributed by atoms with Gasteiger partial charge in [-0.2, -0.15) is 0 Å². The SMILES string of the molecule is Cc1ccc(-c2ccccn2)cc1N=O. The molecular formula is C12H10N2O. The van der Waals surface area contributed by atoms with Gasteiger partial charge in [-0.3, -0.25) is 4.98 Å². The molecular weight excluding hydrogens is 188 g/mol. The molecule has 0 unspecified atom stereocenters. The lowest BCUT2D eigenvalue weighted by Gasteiger charge is -2.02. The Kier molecular flexibility index (Phi) is 2.54. The van der Waals surface area contributed by atoms with Gasteiger partial charge in [-0.1, -0.05) is 18.2 Å². The maximum Gasteiger partial charge on any atom is 0.111 e. The third kappa shape index (κ3) is 1.91. The van der Waals surface area contributed by atoms with E-state index in [1.165, 1.54) is 0 Å². The van der Waals surface area contributed by atoms with E-state index in [2.05, 4.69) is 10.2 Å². The Morgan fingerprint density at radius 2 is 2.07 bits per heavy atom. The molecule has 0 amide bonds. The number of aryl methyl sites for hydroxylation is 1. The van der Waals surface area contributed by atoms with Crippen molar-refractivity contribution in [3.8, 4) is 11.3 Å². The molecule has 0 atom stereocenters. The minimum atomic E-state index is 0.471. The number of rotatable bonds is 2. The number of nitroso groups, excluding NO2 is 1. The highest BCUT2D eigenvalue weighted by Gasteiger charge is 2.02. The maximum absolute atomic E-state index is 10.5. The molecule has 3 heteroatoms. The lowest BCUT2D eigenvalue weighted by Crippen LogP contribution is -1.82. The van der Waals surface area contributed by atoms with Gasteiger partial charge in [0.25, 0.3) is 0 Å². The summed E-state index contributed by atoms with van der Waals surface area (Å²) < 4.78 is 0. The average molecular weight is 198 g/mol. The predicted molar refractivity (Wildman–Crippen MR) is 59.9 cm³/mol. The largest absolute Gasteiger partial charge is 0.256 e. The highest BCUT2D eigenvalue weighted by Crippen LogP contribution is 2.25. The molecule has 0 radical (unpaired) electrons. The van der Waals surface area contributed by atoms with Crippen LogP contribution in [0.2, 0.25) is 0 Å². The van der Waals surface area contributed by atoms with E-state index in [-0.39, 0.29) is 0 Å². The van der Waals surface area contributed by atoms with Gasteiger partial charge >= 0.3 is 0 Å². The van der Waals surface area contributed by atoms with Crippen LogP contribution in [0.15, 0.2) is 47.8 Å². The molecule has 15 heavy (non-hydrogen) atoms. The second-order valence-corrected chi connectivity index (χ2v) is 3.31. The molecule has 1 aromatic heterocycles. The smallest absolute Gasteiger partial charge is 0.111 e. The van der Waals surface area contributed by atoms with Crippen LogP contribution in [0.4, 0.5) is 5.69 Å². The van der Waals surface area contributed by atoms with E-state index in [1.807, 2.05) is 37.3 Å². The van der Waals surface area contributed by atoms with E-state index in [4.69, 9.17) is 0 Å². The van der Waals surface area contributed by atoms with Gasteiger partial charge in [0.1, 0.15) is 5.69 Å². The van der Waals surface area contributed by atoms with E-state index in [9.17, 15) is 4.91 Å². The van der Waals surface area contributed by atoms with E-state index in [0.29, 0.717) is 5.69 Å². The summed E-state index contributed by atoms with van der Waals surface area (Å²) in [5.74, 6) is 0. The number of pyridine rings is 1. The van der Waals surface area contributed by atoms with Crippen LogP contribution in [0.3, 0.4) is 0 Å². The standard InChI is InChI=1S/C12H10N2O/c1-9-5-6-10(8-12(9)14-15)11-4-2-3-7-13-11/h2-8H,1H3. The van der Waals surface area contributed by atoms with E-state index in [0.717, 1.165) is 16.8 Å². The molecule has 1 heterocycles. The average Bonchev–Trinajstić information content (AvgIpc) is 2.31. The molecule has 3 nitrogen and oxygen atoms in total. The first-order valence-corrected chi connectivity index (χ1v) is 4.66. The van der Waals surface area contributed by atoms with Crippen molar-refractivity contribution in [1.29, 1.82) is 0 Å². The van der Waals surface area contributed by atoms with Gasteiger partial charge in [-0.05, 0) is 35.9 Å². The van der Waals surface area contributed by atoms with Crippen molar-refractivity contribution in [2.75, 3.05) is 0 Å². The number of aromatic nitrogens is 1. The first-order chi connectivity index (χ1) is 7.31. The van der Waals surface area contributed by atoms with Gasteiger partial charge in [0.15, 0.2) is 0 Å². The minimum absolute atomic E-state index is 0.471. The van der Waals surface area contributed by atoms with Gasteiger partial charge in [0.05, 0.1) is 5.69 Å². The zero-order valence-electron chi connectivity index (χ0n) is 8.34. The van der Waals surface area contributed by atoms with Crippen molar-refractivity contribution in [3.63, 3.8) is 0 Å². The molecule has 1 aromatic carbocycles. The Hall–Kier alpha value is -2.03. The summed E-state index contributed by atoms with van der Waals surface area (Å²) in [5.41, 5.74) is 3.11. The number of hydrogen-bond acceptors (Lipinski definition) is 3. The van der Waals surface area contributed by atoms with Crippen molar-refractivity contribution in [2.45, 2.75) is 6.92 Å². The second-order valence-electron chi connectivity index (χ2n) is 3.31. The summed E-state index contributed by atoms with van der Waals surface area (Å²) in [4.78, 5) is 14.8. The monoisotopic (exact) mass is 198 g/mol. The number of benzene rings is 1. The Morgan fingerprint density at radius 1 is 1.20 bits per heavy atom. The van der Waals surface area contributed by atoms with E-state index < -0.39 is 0 Å². The molecule has 0 fully saturated rings. The van der Waals surface area contributed by atoms with Crippen LogP contribution >= 0.6 is 0 Å². The molecule has 2 aromatic rings.